The van der Waals surface area contributed by atoms with Gasteiger partial charge in [0.05, 0.1) is 23.5 Å². The monoisotopic (exact) mass is 430 g/mol. The summed E-state index contributed by atoms with van der Waals surface area (Å²) in [4.78, 5) is 12.9. The molecule has 4 rings (SSSR count). The van der Waals surface area contributed by atoms with Gasteiger partial charge in [-0.1, -0.05) is 18.2 Å². The molecule has 0 aromatic heterocycles. The lowest BCUT2D eigenvalue weighted by atomic mass is 9.94. The van der Waals surface area contributed by atoms with Crippen molar-refractivity contribution in [3.05, 3.63) is 54.1 Å². The van der Waals surface area contributed by atoms with E-state index in [9.17, 15) is 13.2 Å². The van der Waals surface area contributed by atoms with Gasteiger partial charge in [0.25, 0.3) is 10.0 Å². The predicted octanol–water partition coefficient (Wildman–Crippen LogP) is 2.82. The molecule has 1 aliphatic carbocycles. The van der Waals surface area contributed by atoms with Gasteiger partial charge in [0.1, 0.15) is 5.75 Å². The highest BCUT2D eigenvalue weighted by atomic mass is 32.2. The summed E-state index contributed by atoms with van der Waals surface area (Å²) in [5, 5.41) is 3.02. The minimum Gasteiger partial charge on any atom is -0.497 e. The molecule has 1 atom stereocenters. The number of amides is 1. The van der Waals surface area contributed by atoms with Crippen LogP contribution >= 0.6 is 0 Å². The molecule has 7 nitrogen and oxygen atoms in total. The molecule has 2 aliphatic rings. The largest absolute Gasteiger partial charge is 0.497 e. The van der Waals surface area contributed by atoms with Crippen molar-refractivity contribution in [2.75, 3.05) is 25.0 Å². The van der Waals surface area contributed by atoms with Gasteiger partial charge in [0, 0.05) is 24.9 Å². The van der Waals surface area contributed by atoms with Crippen LogP contribution in [0.25, 0.3) is 0 Å². The van der Waals surface area contributed by atoms with Crippen molar-refractivity contribution in [3.8, 4) is 5.75 Å². The molecule has 0 bridgehead atoms. The molecule has 2 fully saturated rings. The van der Waals surface area contributed by atoms with E-state index < -0.39 is 15.4 Å². The zero-order valence-corrected chi connectivity index (χ0v) is 17.7. The number of benzene rings is 2. The Morgan fingerprint density at radius 1 is 1.20 bits per heavy atom. The molecule has 30 heavy (non-hydrogen) atoms. The Balaban J connectivity index is 1.42. The number of ether oxygens (including phenoxy) is 2. The lowest BCUT2D eigenvalue weighted by Gasteiger charge is -2.18. The zero-order valence-electron chi connectivity index (χ0n) is 16.9. The van der Waals surface area contributed by atoms with Gasteiger partial charge >= 0.3 is 0 Å². The molecule has 1 saturated carbocycles. The molecule has 0 spiro atoms. The maximum Gasteiger partial charge on any atom is 0.262 e. The first-order chi connectivity index (χ1) is 14.4. The molecule has 2 aromatic rings. The Hall–Kier alpha value is -2.58. The Morgan fingerprint density at radius 2 is 1.97 bits per heavy atom. The molecule has 2 aromatic carbocycles. The van der Waals surface area contributed by atoms with E-state index in [1.54, 1.807) is 24.3 Å². The summed E-state index contributed by atoms with van der Waals surface area (Å²) in [6, 6.07) is 13.3. The third-order valence-corrected chi connectivity index (χ3v) is 7.12. The van der Waals surface area contributed by atoms with E-state index in [0.29, 0.717) is 18.0 Å². The van der Waals surface area contributed by atoms with Crippen LogP contribution in [0.2, 0.25) is 0 Å². The zero-order chi connectivity index (χ0) is 21.2. The lowest BCUT2D eigenvalue weighted by molar-refractivity contribution is -0.124. The molecule has 2 N–H and O–H groups in total. The van der Waals surface area contributed by atoms with Gasteiger partial charge in [-0.05, 0) is 55.5 Å². The van der Waals surface area contributed by atoms with Crippen molar-refractivity contribution in [2.45, 2.75) is 42.1 Å². The number of anilines is 1. The second-order valence-electron chi connectivity index (χ2n) is 7.79. The maximum absolute atomic E-state index is 12.8. The highest BCUT2D eigenvalue weighted by Gasteiger charge is 2.51. The first kappa shape index (κ1) is 20.7. The molecule has 1 saturated heterocycles. The van der Waals surface area contributed by atoms with Gasteiger partial charge in [-0.2, -0.15) is 0 Å². The number of hydrogen-bond donors (Lipinski definition) is 2. The van der Waals surface area contributed by atoms with Crippen molar-refractivity contribution in [2.24, 2.45) is 0 Å². The molecule has 1 heterocycles. The Labute approximate surface area is 176 Å². The molecular formula is C22H26N2O5S. The summed E-state index contributed by atoms with van der Waals surface area (Å²) in [6.45, 7) is 1.30. The highest BCUT2D eigenvalue weighted by Crippen LogP contribution is 2.48. The van der Waals surface area contributed by atoms with Crippen molar-refractivity contribution < 1.29 is 22.7 Å². The van der Waals surface area contributed by atoms with Crippen LogP contribution in [0.1, 0.15) is 31.2 Å². The van der Waals surface area contributed by atoms with Crippen molar-refractivity contribution in [1.82, 2.24) is 5.32 Å². The van der Waals surface area contributed by atoms with Gasteiger partial charge in [0.15, 0.2) is 0 Å². The standard InChI is InChI=1S/C22H26N2O5S/c1-28-18-4-2-6-20(14-18)30(26,27)24-17-9-7-16(8-10-17)22(11-12-22)21(25)23-15-19-5-3-13-29-19/h2,4,6-10,14,19,24H,3,5,11-13,15H2,1H3,(H,23,25). The fraction of sp³-hybridized carbons (Fsp3) is 0.409. The summed E-state index contributed by atoms with van der Waals surface area (Å²) < 4.78 is 38.5. The van der Waals surface area contributed by atoms with E-state index in [-0.39, 0.29) is 16.9 Å². The van der Waals surface area contributed by atoms with Crippen LogP contribution in [-0.4, -0.2) is 40.7 Å². The SMILES string of the molecule is COc1cccc(S(=O)(=O)Nc2ccc(C3(C(=O)NCC4CCCO4)CC3)cc2)c1. The lowest BCUT2D eigenvalue weighted by Crippen LogP contribution is -2.39. The topological polar surface area (TPSA) is 93.7 Å². The van der Waals surface area contributed by atoms with E-state index in [4.69, 9.17) is 9.47 Å². The summed E-state index contributed by atoms with van der Waals surface area (Å²) in [5.41, 5.74) is 0.830. The van der Waals surface area contributed by atoms with E-state index in [2.05, 4.69) is 10.0 Å². The molecule has 8 heteroatoms. The number of sulfonamides is 1. The Kier molecular flexibility index (Phi) is 5.71. The highest BCUT2D eigenvalue weighted by molar-refractivity contribution is 7.92. The molecule has 1 aliphatic heterocycles. The molecule has 160 valence electrons. The fourth-order valence-electron chi connectivity index (χ4n) is 3.79. The van der Waals surface area contributed by atoms with Crippen LogP contribution in [0.4, 0.5) is 5.69 Å². The minimum atomic E-state index is -3.74. The molecule has 1 amide bonds. The van der Waals surface area contributed by atoms with E-state index in [0.717, 1.165) is 37.9 Å². The van der Waals surface area contributed by atoms with E-state index in [1.165, 1.54) is 19.2 Å². The average molecular weight is 431 g/mol. The summed E-state index contributed by atoms with van der Waals surface area (Å²) in [7, 11) is -2.25. The summed E-state index contributed by atoms with van der Waals surface area (Å²) in [6.07, 6.45) is 3.71. The smallest absolute Gasteiger partial charge is 0.262 e. The van der Waals surface area contributed by atoms with Gasteiger partial charge in [0.2, 0.25) is 5.91 Å². The first-order valence-electron chi connectivity index (χ1n) is 10.1. The average Bonchev–Trinajstić information content (AvgIpc) is 3.40. The third-order valence-electron chi connectivity index (χ3n) is 5.74. The first-order valence-corrected chi connectivity index (χ1v) is 11.6. The maximum atomic E-state index is 12.8. The normalized spacial score (nSPS) is 19.8. The van der Waals surface area contributed by atoms with E-state index >= 15 is 0 Å². The second-order valence-corrected chi connectivity index (χ2v) is 9.47. The van der Waals surface area contributed by atoms with Crippen molar-refractivity contribution in [1.29, 1.82) is 0 Å². The van der Waals surface area contributed by atoms with Crippen LogP contribution in [0, 0.1) is 0 Å². The Morgan fingerprint density at radius 3 is 2.60 bits per heavy atom. The number of nitrogens with one attached hydrogen (secondary N) is 2. The molecule has 0 radical (unpaired) electrons. The Bertz CT molecular complexity index is 1010. The van der Waals surface area contributed by atoms with Crippen LogP contribution in [0.3, 0.4) is 0 Å². The van der Waals surface area contributed by atoms with Crippen molar-refractivity contribution in [3.63, 3.8) is 0 Å². The molecule has 1 unspecified atom stereocenters. The van der Waals surface area contributed by atoms with E-state index in [1.807, 2.05) is 12.1 Å². The van der Waals surface area contributed by atoms with Crippen LogP contribution < -0.4 is 14.8 Å². The van der Waals surface area contributed by atoms with Gasteiger partial charge in [-0.15, -0.1) is 0 Å². The van der Waals surface area contributed by atoms with Crippen LogP contribution in [0.15, 0.2) is 53.4 Å². The van der Waals surface area contributed by atoms with Crippen LogP contribution in [-0.2, 0) is 25.0 Å². The number of rotatable bonds is 8. The summed E-state index contributed by atoms with van der Waals surface area (Å²) >= 11 is 0. The third kappa shape index (κ3) is 4.29. The van der Waals surface area contributed by atoms with Gasteiger partial charge in [-0.25, -0.2) is 8.42 Å². The van der Waals surface area contributed by atoms with Crippen molar-refractivity contribution >= 4 is 21.6 Å². The van der Waals surface area contributed by atoms with Gasteiger partial charge < -0.3 is 14.8 Å². The molecular weight excluding hydrogens is 404 g/mol. The minimum absolute atomic E-state index is 0.0164. The number of methoxy groups -OCH3 is 1. The number of carbonyl (C=O) groups excluding carboxylic acids is 1. The van der Waals surface area contributed by atoms with Gasteiger partial charge in [-0.3, -0.25) is 9.52 Å². The van der Waals surface area contributed by atoms with Crippen LogP contribution in [0.5, 0.6) is 5.75 Å². The second kappa shape index (κ2) is 8.28. The number of carbonyl (C=O) groups is 1. The quantitative estimate of drug-likeness (QED) is 0.672. The summed E-state index contributed by atoms with van der Waals surface area (Å²) in [5.74, 6) is 0.487. The number of hydrogen-bond acceptors (Lipinski definition) is 5. The predicted molar refractivity (Wildman–Crippen MR) is 113 cm³/mol. The fourth-order valence-corrected chi connectivity index (χ4v) is 4.89.